The Balaban J connectivity index is 4.15. The van der Waals surface area contributed by atoms with Crippen molar-refractivity contribution in [2.75, 3.05) is 13.4 Å². The molecule has 0 unspecified atom stereocenters. The molecule has 6 heteroatoms. The molecule has 13 heavy (non-hydrogen) atoms. The summed E-state index contributed by atoms with van der Waals surface area (Å²) in [6.45, 7) is 2.70. The van der Waals surface area contributed by atoms with Crippen LogP contribution in [0.3, 0.4) is 0 Å². The molecule has 0 spiro atoms. The first kappa shape index (κ1) is 11.6. The van der Waals surface area contributed by atoms with E-state index in [1.807, 2.05) is 0 Å². The molecule has 0 saturated heterocycles. The summed E-state index contributed by atoms with van der Waals surface area (Å²) in [7, 11) is 0. The standard InChI is InChI=1S/C7H12N2O4/c1-2-3-6(11)9(7(12)13)4-8-5-10/h2,8,10H,1,3-5H2,(H,12,13). The zero-order valence-electron chi connectivity index (χ0n) is 7.06. The van der Waals surface area contributed by atoms with Crippen molar-refractivity contribution in [1.29, 1.82) is 0 Å². The van der Waals surface area contributed by atoms with Crippen LogP contribution in [0.15, 0.2) is 12.7 Å². The highest BCUT2D eigenvalue weighted by Gasteiger charge is 2.17. The van der Waals surface area contributed by atoms with Gasteiger partial charge < -0.3 is 10.2 Å². The second-order valence-corrected chi connectivity index (χ2v) is 2.16. The van der Waals surface area contributed by atoms with Crippen LogP contribution in [0, 0.1) is 0 Å². The lowest BCUT2D eigenvalue weighted by Gasteiger charge is -2.15. The summed E-state index contributed by atoms with van der Waals surface area (Å²) in [5.41, 5.74) is 0. The average molecular weight is 188 g/mol. The molecule has 0 heterocycles. The Morgan fingerprint density at radius 3 is 2.54 bits per heavy atom. The van der Waals surface area contributed by atoms with Crippen LogP contribution in [0.25, 0.3) is 0 Å². The highest BCUT2D eigenvalue weighted by molar-refractivity contribution is 5.91. The number of imide groups is 1. The van der Waals surface area contributed by atoms with E-state index in [9.17, 15) is 9.59 Å². The Labute approximate surface area is 75.5 Å². The smallest absolute Gasteiger partial charge is 0.415 e. The SMILES string of the molecule is C=CCC(=O)N(CNCO)C(=O)O. The van der Waals surface area contributed by atoms with Gasteiger partial charge in [0.25, 0.3) is 0 Å². The van der Waals surface area contributed by atoms with Gasteiger partial charge in [0, 0.05) is 6.42 Å². The number of hydrogen-bond acceptors (Lipinski definition) is 4. The number of carboxylic acid groups (broad SMARTS) is 1. The third kappa shape index (κ3) is 4.24. The van der Waals surface area contributed by atoms with Gasteiger partial charge in [0.05, 0.1) is 13.4 Å². The molecular formula is C7H12N2O4. The summed E-state index contributed by atoms with van der Waals surface area (Å²) in [5, 5.41) is 19.2. The first-order valence-electron chi connectivity index (χ1n) is 3.59. The maximum atomic E-state index is 11.0. The summed E-state index contributed by atoms with van der Waals surface area (Å²) >= 11 is 0. The van der Waals surface area contributed by atoms with E-state index in [-0.39, 0.29) is 19.8 Å². The molecule has 0 saturated carbocycles. The van der Waals surface area contributed by atoms with Crippen molar-refractivity contribution in [3.8, 4) is 0 Å². The van der Waals surface area contributed by atoms with Gasteiger partial charge in [0.1, 0.15) is 0 Å². The van der Waals surface area contributed by atoms with E-state index in [1.54, 1.807) is 0 Å². The number of carbonyl (C=O) groups excluding carboxylic acids is 1. The molecule has 0 aromatic carbocycles. The molecule has 3 N–H and O–H groups in total. The van der Waals surface area contributed by atoms with E-state index in [1.165, 1.54) is 6.08 Å². The number of aliphatic hydroxyl groups is 1. The Morgan fingerprint density at radius 2 is 2.15 bits per heavy atom. The number of hydrogen-bond donors (Lipinski definition) is 3. The van der Waals surface area contributed by atoms with Gasteiger partial charge in [-0.15, -0.1) is 6.58 Å². The van der Waals surface area contributed by atoms with Gasteiger partial charge in [-0.05, 0) is 0 Å². The first-order chi connectivity index (χ1) is 6.13. The summed E-state index contributed by atoms with van der Waals surface area (Å²) in [6.07, 6.45) is -0.0795. The van der Waals surface area contributed by atoms with Crippen molar-refractivity contribution < 1.29 is 19.8 Å². The molecule has 0 aliphatic heterocycles. The maximum Gasteiger partial charge on any atom is 0.415 e. The second-order valence-electron chi connectivity index (χ2n) is 2.16. The molecule has 6 nitrogen and oxygen atoms in total. The largest absolute Gasteiger partial charge is 0.465 e. The van der Waals surface area contributed by atoms with Gasteiger partial charge in [-0.2, -0.15) is 0 Å². The van der Waals surface area contributed by atoms with E-state index < -0.39 is 12.0 Å². The van der Waals surface area contributed by atoms with Gasteiger partial charge in [0.15, 0.2) is 0 Å². The molecule has 0 aromatic rings. The minimum Gasteiger partial charge on any atom is -0.465 e. The van der Waals surface area contributed by atoms with E-state index in [2.05, 4.69) is 11.9 Å². The zero-order valence-corrected chi connectivity index (χ0v) is 7.06. The van der Waals surface area contributed by atoms with Crippen molar-refractivity contribution in [3.63, 3.8) is 0 Å². The van der Waals surface area contributed by atoms with Crippen LogP contribution in [0.2, 0.25) is 0 Å². The van der Waals surface area contributed by atoms with E-state index >= 15 is 0 Å². The first-order valence-corrected chi connectivity index (χ1v) is 3.59. The topological polar surface area (TPSA) is 89.9 Å². The predicted molar refractivity (Wildman–Crippen MR) is 44.8 cm³/mol. The number of aliphatic hydroxyl groups excluding tert-OH is 1. The maximum absolute atomic E-state index is 11.0. The Kier molecular flexibility index (Phi) is 5.49. The van der Waals surface area contributed by atoms with Gasteiger partial charge in [-0.3, -0.25) is 10.1 Å². The number of nitrogens with zero attached hydrogens (tertiary/aromatic N) is 1. The Morgan fingerprint density at radius 1 is 1.54 bits per heavy atom. The van der Waals surface area contributed by atoms with Crippen LogP contribution in [0.1, 0.15) is 6.42 Å². The zero-order chi connectivity index (χ0) is 10.3. The monoisotopic (exact) mass is 188 g/mol. The van der Waals surface area contributed by atoms with Gasteiger partial charge in [0.2, 0.25) is 5.91 Å². The fraction of sp³-hybridized carbons (Fsp3) is 0.429. The quantitative estimate of drug-likeness (QED) is 0.402. The summed E-state index contributed by atoms with van der Waals surface area (Å²) < 4.78 is 0. The van der Waals surface area contributed by atoms with Crippen LogP contribution in [0.5, 0.6) is 0 Å². The number of rotatable bonds is 5. The molecule has 0 atom stereocenters. The molecular weight excluding hydrogens is 176 g/mol. The third-order valence-corrected chi connectivity index (χ3v) is 1.23. The highest BCUT2D eigenvalue weighted by Crippen LogP contribution is 1.94. The third-order valence-electron chi connectivity index (χ3n) is 1.23. The molecule has 0 rings (SSSR count). The van der Waals surface area contributed by atoms with Crippen molar-refractivity contribution in [3.05, 3.63) is 12.7 Å². The van der Waals surface area contributed by atoms with Crippen LogP contribution in [-0.4, -0.2) is 40.5 Å². The van der Waals surface area contributed by atoms with Gasteiger partial charge in [-0.25, -0.2) is 9.69 Å². The molecule has 0 aliphatic rings. The van der Waals surface area contributed by atoms with Gasteiger partial charge in [-0.1, -0.05) is 6.08 Å². The summed E-state index contributed by atoms with van der Waals surface area (Å²) in [6, 6.07) is 0. The molecule has 2 amide bonds. The summed E-state index contributed by atoms with van der Waals surface area (Å²) in [4.78, 5) is 22.1. The molecule has 0 aliphatic carbocycles. The highest BCUT2D eigenvalue weighted by atomic mass is 16.4. The van der Waals surface area contributed by atoms with Gasteiger partial charge >= 0.3 is 6.09 Å². The molecule has 0 radical (unpaired) electrons. The fourth-order valence-corrected chi connectivity index (χ4v) is 0.658. The van der Waals surface area contributed by atoms with E-state index in [0.29, 0.717) is 4.90 Å². The summed E-state index contributed by atoms with van der Waals surface area (Å²) in [5.74, 6) is -0.580. The minimum absolute atomic E-state index is 0.0423. The normalized spacial score (nSPS) is 9.31. The Hall–Kier alpha value is -1.40. The molecule has 0 fully saturated rings. The molecule has 74 valence electrons. The van der Waals surface area contributed by atoms with Crippen LogP contribution in [0.4, 0.5) is 4.79 Å². The Bertz CT molecular complexity index is 205. The van der Waals surface area contributed by atoms with Crippen molar-refractivity contribution in [2.45, 2.75) is 6.42 Å². The number of amides is 2. The van der Waals surface area contributed by atoms with Crippen LogP contribution >= 0.6 is 0 Å². The number of nitrogens with one attached hydrogen (secondary N) is 1. The molecule has 0 aromatic heterocycles. The minimum atomic E-state index is -1.35. The fourth-order valence-electron chi connectivity index (χ4n) is 0.658. The van der Waals surface area contributed by atoms with Crippen LogP contribution < -0.4 is 5.32 Å². The molecule has 0 bridgehead atoms. The average Bonchev–Trinajstić information content (AvgIpc) is 2.05. The lowest BCUT2D eigenvalue weighted by atomic mass is 10.4. The van der Waals surface area contributed by atoms with Crippen molar-refractivity contribution >= 4 is 12.0 Å². The van der Waals surface area contributed by atoms with E-state index in [4.69, 9.17) is 10.2 Å². The predicted octanol–water partition coefficient (Wildman–Crippen LogP) is -0.434. The van der Waals surface area contributed by atoms with Crippen LogP contribution in [-0.2, 0) is 4.79 Å². The lowest BCUT2D eigenvalue weighted by Crippen LogP contribution is -2.42. The van der Waals surface area contributed by atoms with Crippen molar-refractivity contribution in [2.24, 2.45) is 0 Å². The lowest BCUT2D eigenvalue weighted by molar-refractivity contribution is -0.128. The van der Waals surface area contributed by atoms with Crippen molar-refractivity contribution in [1.82, 2.24) is 10.2 Å². The number of carbonyl (C=O) groups is 2. The second kappa shape index (κ2) is 6.15. The van der Waals surface area contributed by atoms with E-state index in [0.717, 1.165) is 0 Å².